The van der Waals surface area contributed by atoms with Gasteiger partial charge in [0, 0.05) is 11.6 Å². The minimum Gasteiger partial charge on any atom is -0.490 e. The molecule has 7 rings (SSSR count). The zero-order chi connectivity index (χ0) is 25.8. The highest BCUT2D eigenvalue weighted by Crippen LogP contribution is 2.66. The van der Waals surface area contributed by atoms with Crippen molar-refractivity contribution in [2.24, 2.45) is 16.7 Å². The van der Waals surface area contributed by atoms with Crippen molar-refractivity contribution in [3.63, 3.8) is 0 Å². The summed E-state index contributed by atoms with van der Waals surface area (Å²) in [6.07, 6.45) is 12.8. The minimum absolute atomic E-state index is 0.0130. The number of rotatable bonds is 5. The van der Waals surface area contributed by atoms with E-state index < -0.39 is 0 Å². The summed E-state index contributed by atoms with van der Waals surface area (Å²) in [4.78, 5) is 36.5. The number of hydrogen-bond acceptors (Lipinski definition) is 5. The van der Waals surface area contributed by atoms with Crippen molar-refractivity contribution in [1.82, 2.24) is 16.0 Å². The van der Waals surface area contributed by atoms with E-state index in [1.54, 1.807) is 6.08 Å². The van der Waals surface area contributed by atoms with E-state index in [-0.39, 0.29) is 34.9 Å². The second kappa shape index (κ2) is 9.07. The Bertz CT molecular complexity index is 1120. The summed E-state index contributed by atoms with van der Waals surface area (Å²) in [5, 5.41) is 8.69. The van der Waals surface area contributed by atoms with E-state index >= 15 is 0 Å². The third kappa shape index (κ3) is 5.27. The minimum atomic E-state index is -0.351. The molecule has 5 aliphatic carbocycles. The average Bonchev–Trinajstić information content (AvgIpc) is 3.10. The summed E-state index contributed by atoms with van der Waals surface area (Å²) in [5.74, 6) is 1.20. The number of hydrogen-bond donors (Lipinski definition) is 3. The lowest BCUT2D eigenvalue weighted by atomic mass is 9.43. The first-order valence-electron chi connectivity index (χ1n) is 13.7. The van der Waals surface area contributed by atoms with Crippen LogP contribution in [-0.4, -0.2) is 34.9 Å². The highest BCUT2D eigenvalue weighted by atomic mass is 32.2. The molecule has 0 spiro atoms. The molecular formula is C29H37N3O4S. The van der Waals surface area contributed by atoms with Crippen molar-refractivity contribution >= 4 is 35.0 Å². The number of imide groups is 1. The molecule has 3 N–H and O–H groups in total. The number of carbonyl (C=O) groups excluding carboxylic acids is 3. The van der Waals surface area contributed by atoms with Crippen molar-refractivity contribution in [3.8, 4) is 5.75 Å². The fourth-order valence-electron chi connectivity index (χ4n) is 8.78. The molecule has 4 atom stereocenters. The number of amides is 4. The van der Waals surface area contributed by atoms with Gasteiger partial charge in [0.15, 0.2) is 0 Å². The van der Waals surface area contributed by atoms with E-state index in [2.05, 4.69) is 29.8 Å². The van der Waals surface area contributed by atoms with Crippen LogP contribution in [0.4, 0.5) is 9.59 Å². The Hall–Kier alpha value is -2.48. The summed E-state index contributed by atoms with van der Waals surface area (Å²) < 4.78 is 6.20. The topological polar surface area (TPSA) is 96.5 Å². The van der Waals surface area contributed by atoms with Crippen LogP contribution in [-0.2, 0) is 4.79 Å². The molecule has 0 aromatic heterocycles. The number of nitrogens with one attached hydrogen (secondary N) is 3. The Morgan fingerprint density at radius 2 is 1.68 bits per heavy atom. The highest BCUT2D eigenvalue weighted by molar-refractivity contribution is 8.18. The Labute approximate surface area is 222 Å². The van der Waals surface area contributed by atoms with Gasteiger partial charge in [0.1, 0.15) is 5.75 Å². The van der Waals surface area contributed by atoms with Gasteiger partial charge in [-0.25, -0.2) is 4.79 Å². The molecule has 4 bridgehead atoms. The van der Waals surface area contributed by atoms with Gasteiger partial charge in [-0.05, 0) is 116 Å². The van der Waals surface area contributed by atoms with Crippen LogP contribution in [0.25, 0.3) is 6.08 Å². The van der Waals surface area contributed by atoms with Crippen LogP contribution in [0.2, 0.25) is 0 Å². The molecular weight excluding hydrogens is 486 g/mol. The van der Waals surface area contributed by atoms with Gasteiger partial charge in [0.05, 0.1) is 11.0 Å². The lowest BCUT2D eigenvalue weighted by molar-refractivity contribution is -0.115. The Morgan fingerprint density at radius 1 is 1.00 bits per heavy atom. The molecule has 8 heteroatoms. The average molecular weight is 524 g/mol. The van der Waals surface area contributed by atoms with Crippen LogP contribution in [0.1, 0.15) is 83.6 Å². The molecule has 4 amide bonds. The van der Waals surface area contributed by atoms with Gasteiger partial charge >= 0.3 is 6.03 Å². The van der Waals surface area contributed by atoms with E-state index in [0.717, 1.165) is 73.9 Å². The van der Waals surface area contributed by atoms with Crippen LogP contribution in [0, 0.1) is 16.7 Å². The number of thioether (sulfide) groups is 1. The quantitative estimate of drug-likeness (QED) is 0.427. The van der Waals surface area contributed by atoms with E-state index in [1.165, 1.54) is 19.3 Å². The predicted octanol–water partition coefficient (Wildman–Crippen LogP) is 5.75. The smallest absolute Gasteiger partial charge is 0.315 e. The molecule has 1 heterocycles. The maximum atomic E-state index is 13.1. The van der Waals surface area contributed by atoms with Crippen LogP contribution < -0.4 is 20.7 Å². The molecule has 6 fully saturated rings. The normalized spacial score (nSPS) is 39.5. The maximum absolute atomic E-state index is 13.1. The van der Waals surface area contributed by atoms with Gasteiger partial charge in [-0.2, -0.15) is 0 Å². The number of urea groups is 1. The van der Waals surface area contributed by atoms with Gasteiger partial charge in [0.2, 0.25) is 0 Å². The monoisotopic (exact) mass is 523 g/mol. The highest BCUT2D eigenvalue weighted by Gasteiger charge is 2.60. The van der Waals surface area contributed by atoms with Crippen LogP contribution in [0.5, 0.6) is 5.75 Å². The number of benzene rings is 1. The molecule has 6 aliphatic rings. The molecule has 7 nitrogen and oxygen atoms in total. The molecule has 0 radical (unpaired) electrons. The lowest BCUT2D eigenvalue weighted by Gasteiger charge is -2.65. The second-order valence-electron chi connectivity index (χ2n) is 13.0. The van der Waals surface area contributed by atoms with Crippen LogP contribution >= 0.6 is 11.8 Å². The van der Waals surface area contributed by atoms with Crippen molar-refractivity contribution in [3.05, 3.63) is 34.7 Å². The van der Waals surface area contributed by atoms with Gasteiger partial charge < -0.3 is 15.4 Å². The van der Waals surface area contributed by atoms with Crippen LogP contribution in [0.3, 0.4) is 0 Å². The molecule has 1 aliphatic heterocycles. The standard InChI is InChI=1S/C29H37N3O4S/c1-27-12-19-13-28(2,15-27)17-29(14-19,16-27)32-25(34)30-20-5-9-22(10-6-20)36-21-7-3-18(4-8-21)11-23-24(33)31-26(35)37-23/h3-4,7-8,11,19-20,22H,5-6,9-10,12-17H2,1-2H3,(H2,30,32,34)(H,31,33,35)/t19?,20?,22?,27-,28+,29?. The van der Waals surface area contributed by atoms with Gasteiger partial charge in [-0.15, -0.1) is 0 Å². The maximum Gasteiger partial charge on any atom is 0.315 e. The van der Waals surface area contributed by atoms with Gasteiger partial charge in [-0.1, -0.05) is 26.0 Å². The molecule has 37 heavy (non-hydrogen) atoms. The first-order valence-corrected chi connectivity index (χ1v) is 14.5. The summed E-state index contributed by atoms with van der Waals surface area (Å²) in [6, 6.07) is 7.78. The van der Waals surface area contributed by atoms with Crippen molar-refractivity contribution < 1.29 is 19.1 Å². The van der Waals surface area contributed by atoms with Gasteiger partial charge in [0.25, 0.3) is 11.1 Å². The largest absolute Gasteiger partial charge is 0.490 e. The molecule has 1 aromatic carbocycles. The molecule has 1 aromatic rings. The van der Waals surface area contributed by atoms with E-state index in [1.807, 2.05) is 24.3 Å². The summed E-state index contributed by atoms with van der Waals surface area (Å²) in [6.45, 7) is 4.87. The first-order chi connectivity index (χ1) is 17.6. The van der Waals surface area contributed by atoms with E-state index in [0.29, 0.717) is 15.7 Å². The predicted molar refractivity (Wildman–Crippen MR) is 144 cm³/mol. The second-order valence-corrected chi connectivity index (χ2v) is 14.0. The zero-order valence-corrected chi connectivity index (χ0v) is 22.5. The summed E-state index contributed by atoms with van der Waals surface area (Å²) >= 11 is 0.916. The van der Waals surface area contributed by atoms with Crippen molar-refractivity contribution in [2.45, 2.75) is 95.7 Å². The number of carbonyl (C=O) groups is 3. The third-order valence-electron chi connectivity index (χ3n) is 9.14. The molecule has 2 unspecified atom stereocenters. The fourth-order valence-corrected chi connectivity index (χ4v) is 9.46. The SMILES string of the molecule is C[C@]12CC3CC(NC(=O)NC4CCC(Oc5ccc(C=C6SC(=O)NC6=O)cc5)CC4)(C1)C[C@@](C)(C3)C2. The lowest BCUT2D eigenvalue weighted by Crippen LogP contribution is -2.66. The summed E-state index contributed by atoms with van der Waals surface area (Å²) in [7, 11) is 0. The third-order valence-corrected chi connectivity index (χ3v) is 9.95. The summed E-state index contributed by atoms with van der Waals surface area (Å²) in [5.41, 5.74) is 1.59. The number of ether oxygens (including phenoxy) is 1. The van der Waals surface area contributed by atoms with Crippen molar-refractivity contribution in [1.29, 1.82) is 0 Å². The molecule has 5 saturated carbocycles. The van der Waals surface area contributed by atoms with Crippen molar-refractivity contribution in [2.75, 3.05) is 0 Å². The van der Waals surface area contributed by atoms with E-state index in [9.17, 15) is 14.4 Å². The van der Waals surface area contributed by atoms with Gasteiger partial charge in [-0.3, -0.25) is 14.9 Å². The zero-order valence-electron chi connectivity index (χ0n) is 21.7. The first kappa shape index (κ1) is 24.8. The Morgan fingerprint density at radius 3 is 2.27 bits per heavy atom. The molecule has 1 saturated heterocycles. The fraction of sp³-hybridized carbons (Fsp3) is 0.621. The van der Waals surface area contributed by atoms with Crippen LogP contribution in [0.15, 0.2) is 29.2 Å². The Balaban J connectivity index is 0.976. The van der Waals surface area contributed by atoms with E-state index in [4.69, 9.17) is 4.74 Å². The molecule has 198 valence electrons. The Kier molecular flexibility index (Phi) is 6.09.